The van der Waals surface area contributed by atoms with Gasteiger partial charge in [-0.3, -0.25) is 4.90 Å². The molecule has 2 fully saturated rings. The lowest BCUT2D eigenvalue weighted by Gasteiger charge is -2.29. The summed E-state index contributed by atoms with van der Waals surface area (Å²) in [6.07, 6.45) is 1.19. The summed E-state index contributed by atoms with van der Waals surface area (Å²) in [5.41, 5.74) is 0.880. The fourth-order valence-electron chi connectivity index (χ4n) is 3.55. The lowest BCUT2D eigenvalue weighted by atomic mass is 10.1. The third-order valence-corrected chi connectivity index (χ3v) is 5.58. The van der Waals surface area contributed by atoms with Crippen molar-refractivity contribution in [2.45, 2.75) is 19.9 Å². The Morgan fingerprint density at radius 3 is 2.81 bits per heavy atom. The van der Waals surface area contributed by atoms with Crippen molar-refractivity contribution in [1.82, 2.24) is 15.1 Å². The molecular formula is C19H29BrFIN4O. The normalized spacial score (nSPS) is 21.2. The van der Waals surface area contributed by atoms with Gasteiger partial charge in [0.15, 0.2) is 5.96 Å². The number of nitrogens with zero attached hydrogens (tertiary/aromatic N) is 3. The fourth-order valence-corrected chi connectivity index (χ4v) is 3.80. The maximum atomic E-state index is 13.7. The number of hydrogen-bond donors (Lipinski definition) is 1. The molecule has 2 aliphatic heterocycles. The van der Waals surface area contributed by atoms with Crippen LogP contribution in [-0.4, -0.2) is 68.2 Å². The van der Waals surface area contributed by atoms with Crippen LogP contribution < -0.4 is 5.32 Å². The van der Waals surface area contributed by atoms with E-state index in [2.05, 4.69) is 38.0 Å². The first-order chi connectivity index (χ1) is 12.7. The number of hydrogen-bond acceptors (Lipinski definition) is 3. The van der Waals surface area contributed by atoms with Crippen molar-refractivity contribution in [2.75, 3.05) is 52.5 Å². The molecule has 0 aliphatic carbocycles. The Hall–Kier alpha value is -0.450. The first kappa shape index (κ1) is 22.8. The fraction of sp³-hybridized carbons (Fsp3) is 0.632. The van der Waals surface area contributed by atoms with E-state index < -0.39 is 0 Å². The molecule has 3 rings (SSSR count). The predicted molar refractivity (Wildman–Crippen MR) is 121 cm³/mol. The summed E-state index contributed by atoms with van der Waals surface area (Å²) >= 11 is 3.19. The summed E-state index contributed by atoms with van der Waals surface area (Å²) in [7, 11) is 0. The Labute approximate surface area is 186 Å². The number of nitrogens with one attached hydrogen (secondary N) is 1. The van der Waals surface area contributed by atoms with Gasteiger partial charge in [-0.1, -0.05) is 6.07 Å². The van der Waals surface area contributed by atoms with E-state index in [1.807, 2.05) is 6.07 Å². The minimum atomic E-state index is -0.241. The Balaban J connectivity index is 0.00000261. The van der Waals surface area contributed by atoms with E-state index in [9.17, 15) is 4.39 Å². The SMILES string of the molecule is CCNC(=NCc1ccc(Br)c(F)c1)N1CCC(CN2CCOCC2)C1.I. The quantitative estimate of drug-likeness (QED) is 0.344. The molecule has 27 heavy (non-hydrogen) atoms. The predicted octanol–water partition coefficient (Wildman–Crippen LogP) is 3.33. The highest BCUT2D eigenvalue weighted by Gasteiger charge is 2.27. The molecule has 2 aliphatic rings. The van der Waals surface area contributed by atoms with Crippen LogP contribution in [0.4, 0.5) is 4.39 Å². The molecule has 1 aromatic carbocycles. The highest BCUT2D eigenvalue weighted by molar-refractivity contribution is 14.0. The zero-order valence-corrected chi connectivity index (χ0v) is 19.7. The number of benzene rings is 1. The van der Waals surface area contributed by atoms with Crippen molar-refractivity contribution >= 4 is 45.9 Å². The second-order valence-corrected chi connectivity index (χ2v) is 7.79. The molecule has 0 radical (unpaired) electrons. The van der Waals surface area contributed by atoms with Crippen LogP contribution in [0.15, 0.2) is 27.7 Å². The summed E-state index contributed by atoms with van der Waals surface area (Å²) in [6, 6.07) is 5.19. The van der Waals surface area contributed by atoms with Crippen molar-refractivity contribution in [1.29, 1.82) is 0 Å². The number of morpholine rings is 1. The van der Waals surface area contributed by atoms with Gasteiger partial charge in [0.1, 0.15) is 5.82 Å². The summed E-state index contributed by atoms with van der Waals surface area (Å²) < 4.78 is 19.6. The standard InChI is InChI=1S/C19H28BrFN4O.HI/c1-2-22-19(23-12-15-3-4-17(20)18(21)11-15)25-6-5-16(14-25)13-24-7-9-26-10-8-24;/h3-4,11,16H,2,5-10,12-14H2,1H3,(H,22,23);1H. The smallest absolute Gasteiger partial charge is 0.194 e. The van der Waals surface area contributed by atoms with Crippen LogP contribution in [0.1, 0.15) is 18.9 Å². The largest absolute Gasteiger partial charge is 0.379 e. The van der Waals surface area contributed by atoms with Crippen LogP contribution in [0.2, 0.25) is 0 Å². The van der Waals surface area contributed by atoms with E-state index in [-0.39, 0.29) is 29.8 Å². The van der Waals surface area contributed by atoms with Gasteiger partial charge >= 0.3 is 0 Å². The average Bonchev–Trinajstić information content (AvgIpc) is 3.10. The molecule has 2 heterocycles. The third kappa shape index (κ3) is 6.83. The second kappa shape index (κ2) is 11.5. The van der Waals surface area contributed by atoms with E-state index >= 15 is 0 Å². The molecule has 0 aromatic heterocycles. The maximum Gasteiger partial charge on any atom is 0.194 e. The van der Waals surface area contributed by atoms with Gasteiger partial charge in [0.25, 0.3) is 0 Å². The van der Waals surface area contributed by atoms with E-state index in [0.717, 1.165) is 64.0 Å². The maximum absolute atomic E-state index is 13.7. The Kier molecular flexibility index (Phi) is 9.75. The molecule has 5 nitrogen and oxygen atoms in total. The zero-order chi connectivity index (χ0) is 18.4. The van der Waals surface area contributed by atoms with E-state index in [4.69, 9.17) is 9.73 Å². The first-order valence-electron chi connectivity index (χ1n) is 9.43. The van der Waals surface area contributed by atoms with Crippen LogP contribution in [0.5, 0.6) is 0 Å². The molecule has 0 bridgehead atoms. The highest BCUT2D eigenvalue weighted by Crippen LogP contribution is 2.19. The lowest BCUT2D eigenvalue weighted by molar-refractivity contribution is 0.0315. The number of halogens is 3. The van der Waals surface area contributed by atoms with Gasteiger partial charge in [0, 0.05) is 39.3 Å². The lowest BCUT2D eigenvalue weighted by Crippen LogP contribution is -2.42. The molecular weight excluding hydrogens is 526 g/mol. The molecule has 1 atom stereocenters. The van der Waals surface area contributed by atoms with Crippen molar-refractivity contribution in [3.05, 3.63) is 34.1 Å². The van der Waals surface area contributed by atoms with Crippen molar-refractivity contribution in [2.24, 2.45) is 10.9 Å². The monoisotopic (exact) mass is 554 g/mol. The Morgan fingerprint density at radius 1 is 1.33 bits per heavy atom. The minimum absolute atomic E-state index is 0. The van der Waals surface area contributed by atoms with E-state index in [0.29, 0.717) is 16.9 Å². The summed E-state index contributed by atoms with van der Waals surface area (Å²) in [4.78, 5) is 9.58. The number of rotatable bonds is 5. The second-order valence-electron chi connectivity index (χ2n) is 6.93. The van der Waals surface area contributed by atoms with Gasteiger partial charge < -0.3 is 15.0 Å². The van der Waals surface area contributed by atoms with Gasteiger partial charge in [0.05, 0.1) is 24.2 Å². The van der Waals surface area contributed by atoms with E-state index in [1.54, 1.807) is 12.1 Å². The minimum Gasteiger partial charge on any atom is -0.379 e. The van der Waals surface area contributed by atoms with Crippen molar-refractivity contribution < 1.29 is 9.13 Å². The number of ether oxygens (including phenoxy) is 1. The molecule has 0 saturated carbocycles. The molecule has 0 amide bonds. The zero-order valence-electron chi connectivity index (χ0n) is 15.8. The summed E-state index contributed by atoms with van der Waals surface area (Å²) in [6.45, 7) is 10.4. The van der Waals surface area contributed by atoms with Gasteiger partial charge in [-0.15, -0.1) is 24.0 Å². The van der Waals surface area contributed by atoms with Crippen LogP contribution in [0, 0.1) is 11.7 Å². The topological polar surface area (TPSA) is 40.1 Å². The van der Waals surface area contributed by atoms with Gasteiger partial charge in [-0.2, -0.15) is 0 Å². The van der Waals surface area contributed by atoms with Crippen LogP contribution in [0.25, 0.3) is 0 Å². The average molecular weight is 555 g/mol. The number of aliphatic imine (C=N–C) groups is 1. The van der Waals surface area contributed by atoms with Gasteiger partial charge in [-0.25, -0.2) is 9.38 Å². The van der Waals surface area contributed by atoms with Gasteiger partial charge in [0.2, 0.25) is 0 Å². The Bertz CT molecular complexity index is 628. The van der Waals surface area contributed by atoms with Crippen LogP contribution >= 0.6 is 39.9 Å². The molecule has 8 heteroatoms. The molecule has 0 spiro atoms. The van der Waals surface area contributed by atoms with Crippen molar-refractivity contribution in [3.8, 4) is 0 Å². The third-order valence-electron chi connectivity index (χ3n) is 4.94. The molecule has 1 unspecified atom stereocenters. The van der Waals surface area contributed by atoms with Crippen molar-refractivity contribution in [3.63, 3.8) is 0 Å². The summed E-state index contributed by atoms with van der Waals surface area (Å²) in [5.74, 6) is 1.36. The van der Waals surface area contributed by atoms with E-state index in [1.165, 1.54) is 6.42 Å². The molecule has 1 N–H and O–H groups in total. The molecule has 2 saturated heterocycles. The van der Waals surface area contributed by atoms with Crippen LogP contribution in [0.3, 0.4) is 0 Å². The number of likely N-dealkylation sites (tertiary alicyclic amines) is 1. The molecule has 1 aromatic rings. The summed E-state index contributed by atoms with van der Waals surface area (Å²) in [5, 5.41) is 3.38. The number of guanidine groups is 1. The Morgan fingerprint density at radius 2 is 2.11 bits per heavy atom. The molecule has 152 valence electrons. The van der Waals surface area contributed by atoms with Gasteiger partial charge in [-0.05, 0) is 52.9 Å². The first-order valence-corrected chi connectivity index (χ1v) is 10.2. The van der Waals surface area contributed by atoms with Crippen LogP contribution in [-0.2, 0) is 11.3 Å². The highest BCUT2D eigenvalue weighted by atomic mass is 127.